The van der Waals surface area contributed by atoms with Crippen LogP contribution in [-0.4, -0.2) is 23.0 Å². The van der Waals surface area contributed by atoms with Gasteiger partial charge in [-0.3, -0.25) is 9.59 Å². The molecule has 0 spiro atoms. The minimum Gasteiger partial charge on any atom is -0.273 e. The number of carbonyl (C=O) groups excluding carboxylic acids is 1. The number of hydrogen-bond donors (Lipinski definition) is 0. The topological polar surface area (TPSA) is 98.4 Å². The molecule has 1 heterocycles. The number of amides is 1. The lowest BCUT2D eigenvalue weighted by Crippen LogP contribution is -2.51. The molecule has 168 valence electrons. The zero-order chi connectivity index (χ0) is 23.9. The zero-order valence-corrected chi connectivity index (χ0v) is 19.3. The fourth-order valence-electron chi connectivity index (χ4n) is 3.37. The van der Waals surface area contributed by atoms with Crippen molar-refractivity contribution >= 4 is 55.7 Å². The molecule has 0 aliphatic heterocycles. The number of aromatic nitrogens is 2. The van der Waals surface area contributed by atoms with Gasteiger partial charge in [-0.2, -0.15) is 4.68 Å². The molecule has 11 heteroatoms. The minimum atomic E-state index is -4.64. The van der Waals surface area contributed by atoms with Gasteiger partial charge in [-0.05, 0) is 54.6 Å². The Bertz CT molecular complexity index is 1610. The molecule has 3 aromatic carbocycles. The standard InChI is InChI=1S/C22H15Cl2N3O5S/c1-14(28)25(17-5-3-2-4-6-17)26-20-13-16(24)9-12-19(20)21(29)27(22(26)30)33(31,32)18-10-7-15(23)8-11-18/h2-13H,1H3. The summed E-state index contributed by atoms with van der Waals surface area (Å²) in [6.45, 7) is 1.21. The van der Waals surface area contributed by atoms with E-state index in [1.54, 1.807) is 30.3 Å². The molecular formula is C22H15Cl2N3O5S. The molecule has 1 amide bonds. The van der Waals surface area contributed by atoms with E-state index >= 15 is 0 Å². The van der Waals surface area contributed by atoms with E-state index in [-0.39, 0.29) is 35.5 Å². The summed E-state index contributed by atoms with van der Waals surface area (Å²) < 4.78 is 27.7. The molecule has 0 saturated carbocycles. The summed E-state index contributed by atoms with van der Waals surface area (Å²) in [7, 11) is -4.64. The quantitative estimate of drug-likeness (QED) is 0.424. The number of para-hydroxylation sites is 1. The summed E-state index contributed by atoms with van der Waals surface area (Å²) in [6, 6.07) is 17.1. The van der Waals surface area contributed by atoms with Crippen molar-refractivity contribution < 1.29 is 13.2 Å². The summed E-state index contributed by atoms with van der Waals surface area (Å²) in [5, 5.41) is 1.32. The van der Waals surface area contributed by atoms with Crippen LogP contribution in [0.5, 0.6) is 0 Å². The monoisotopic (exact) mass is 503 g/mol. The van der Waals surface area contributed by atoms with Gasteiger partial charge in [0.25, 0.3) is 15.6 Å². The molecule has 0 N–H and O–H groups in total. The van der Waals surface area contributed by atoms with E-state index in [9.17, 15) is 22.8 Å². The molecule has 0 fully saturated rings. The Kier molecular flexibility index (Phi) is 5.87. The van der Waals surface area contributed by atoms with Crippen LogP contribution in [0.1, 0.15) is 6.92 Å². The number of halogens is 2. The fourth-order valence-corrected chi connectivity index (χ4v) is 4.95. The van der Waals surface area contributed by atoms with Crippen molar-refractivity contribution in [3.63, 3.8) is 0 Å². The Balaban J connectivity index is 2.17. The average Bonchev–Trinajstić information content (AvgIpc) is 2.77. The number of anilines is 1. The highest BCUT2D eigenvalue weighted by atomic mass is 35.5. The Morgan fingerprint density at radius 2 is 1.48 bits per heavy atom. The van der Waals surface area contributed by atoms with E-state index in [1.807, 2.05) is 0 Å². The predicted octanol–water partition coefficient (Wildman–Crippen LogP) is 3.52. The number of rotatable bonds is 4. The fraction of sp³-hybridized carbons (Fsp3) is 0.0455. The number of nitrogens with zero attached hydrogens (tertiary/aromatic N) is 3. The second kappa shape index (κ2) is 8.51. The van der Waals surface area contributed by atoms with E-state index in [0.29, 0.717) is 0 Å². The van der Waals surface area contributed by atoms with Crippen molar-refractivity contribution in [2.24, 2.45) is 0 Å². The van der Waals surface area contributed by atoms with Crippen LogP contribution in [0.15, 0.2) is 87.3 Å². The summed E-state index contributed by atoms with van der Waals surface area (Å²) >= 11 is 12.0. The van der Waals surface area contributed by atoms with Crippen LogP contribution < -0.4 is 16.3 Å². The van der Waals surface area contributed by atoms with Crippen LogP contribution >= 0.6 is 23.2 Å². The first-order chi connectivity index (χ1) is 15.6. The first kappa shape index (κ1) is 22.8. The first-order valence-electron chi connectivity index (χ1n) is 9.47. The number of hydrogen-bond acceptors (Lipinski definition) is 5. The molecule has 8 nitrogen and oxygen atoms in total. The van der Waals surface area contributed by atoms with Gasteiger partial charge >= 0.3 is 5.69 Å². The molecule has 4 aromatic rings. The maximum absolute atomic E-state index is 13.6. The zero-order valence-electron chi connectivity index (χ0n) is 17.0. The smallest absolute Gasteiger partial charge is 0.273 e. The molecule has 0 unspecified atom stereocenters. The summed E-state index contributed by atoms with van der Waals surface area (Å²) in [5.41, 5.74) is -2.08. The molecular weight excluding hydrogens is 489 g/mol. The van der Waals surface area contributed by atoms with Crippen molar-refractivity contribution in [1.29, 1.82) is 0 Å². The van der Waals surface area contributed by atoms with Gasteiger partial charge in [-0.15, -0.1) is 3.97 Å². The van der Waals surface area contributed by atoms with Gasteiger partial charge in [-0.25, -0.2) is 18.2 Å². The van der Waals surface area contributed by atoms with Crippen LogP contribution in [0, 0.1) is 0 Å². The molecule has 0 bridgehead atoms. The molecule has 4 rings (SSSR count). The summed E-state index contributed by atoms with van der Waals surface area (Å²) in [6.07, 6.45) is 0. The van der Waals surface area contributed by atoms with Gasteiger partial charge in [-0.1, -0.05) is 41.4 Å². The Labute approximate surface area is 197 Å². The third-order valence-corrected chi connectivity index (χ3v) is 6.97. The van der Waals surface area contributed by atoms with Crippen LogP contribution in [0.4, 0.5) is 5.69 Å². The second-order valence-corrected chi connectivity index (χ2v) is 9.61. The van der Waals surface area contributed by atoms with Crippen LogP contribution in [0.3, 0.4) is 0 Å². The molecule has 0 atom stereocenters. The van der Waals surface area contributed by atoms with E-state index in [1.165, 1.54) is 49.4 Å². The predicted molar refractivity (Wildman–Crippen MR) is 127 cm³/mol. The average molecular weight is 504 g/mol. The van der Waals surface area contributed by atoms with Gasteiger partial charge in [0, 0.05) is 17.0 Å². The summed E-state index contributed by atoms with van der Waals surface area (Å²) in [5.74, 6) is -0.598. The Morgan fingerprint density at radius 1 is 0.879 bits per heavy atom. The van der Waals surface area contributed by atoms with Gasteiger partial charge in [0.2, 0.25) is 5.91 Å². The van der Waals surface area contributed by atoms with Crippen LogP contribution in [0.25, 0.3) is 10.9 Å². The summed E-state index contributed by atoms with van der Waals surface area (Å²) in [4.78, 5) is 39.2. The lowest BCUT2D eigenvalue weighted by atomic mass is 10.2. The van der Waals surface area contributed by atoms with Gasteiger partial charge in [0.1, 0.15) is 0 Å². The van der Waals surface area contributed by atoms with Crippen LogP contribution in [-0.2, 0) is 14.8 Å². The third-order valence-electron chi connectivity index (χ3n) is 4.81. The maximum Gasteiger partial charge on any atom is 0.365 e. The van der Waals surface area contributed by atoms with E-state index in [2.05, 4.69) is 0 Å². The number of fused-ring (bicyclic) bond motifs is 1. The van der Waals surface area contributed by atoms with E-state index < -0.39 is 27.2 Å². The van der Waals surface area contributed by atoms with Gasteiger partial charge in [0.05, 0.1) is 21.5 Å². The largest absolute Gasteiger partial charge is 0.365 e. The highest BCUT2D eigenvalue weighted by Gasteiger charge is 2.28. The molecule has 1 aromatic heterocycles. The molecule has 0 aliphatic rings. The molecule has 33 heavy (non-hydrogen) atoms. The molecule has 0 aliphatic carbocycles. The van der Waals surface area contributed by atoms with Crippen molar-refractivity contribution in [2.75, 3.05) is 5.01 Å². The Morgan fingerprint density at radius 3 is 2.09 bits per heavy atom. The lowest BCUT2D eigenvalue weighted by molar-refractivity contribution is -0.117. The maximum atomic E-state index is 13.6. The normalized spacial score (nSPS) is 11.5. The third kappa shape index (κ3) is 3.95. The van der Waals surface area contributed by atoms with Crippen molar-refractivity contribution in [1.82, 2.24) is 8.65 Å². The minimum absolute atomic E-state index is 0.0286. The number of benzene rings is 3. The van der Waals surface area contributed by atoms with Crippen LogP contribution in [0.2, 0.25) is 10.0 Å². The lowest BCUT2D eigenvalue weighted by Gasteiger charge is -2.25. The van der Waals surface area contributed by atoms with E-state index in [0.717, 1.165) is 9.69 Å². The highest BCUT2D eigenvalue weighted by molar-refractivity contribution is 7.90. The van der Waals surface area contributed by atoms with E-state index in [4.69, 9.17) is 23.2 Å². The SMILES string of the molecule is CC(=O)N(c1ccccc1)n1c(=O)n(S(=O)(=O)c2ccc(Cl)cc2)c(=O)c2ccc(Cl)cc21. The Hall–Kier alpha value is -3.40. The first-order valence-corrected chi connectivity index (χ1v) is 11.7. The van der Waals surface area contributed by atoms with Crippen molar-refractivity contribution in [2.45, 2.75) is 11.8 Å². The van der Waals surface area contributed by atoms with Gasteiger partial charge < -0.3 is 0 Å². The van der Waals surface area contributed by atoms with Crippen molar-refractivity contribution in [3.8, 4) is 0 Å². The molecule has 0 saturated heterocycles. The highest BCUT2D eigenvalue weighted by Crippen LogP contribution is 2.22. The number of carbonyl (C=O) groups is 1. The van der Waals surface area contributed by atoms with Gasteiger partial charge in [0.15, 0.2) is 0 Å². The second-order valence-electron chi connectivity index (χ2n) is 6.95. The van der Waals surface area contributed by atoms with Crippen molar-refractivity contribution in [3.05, 3.63) is 104 Å². The molecule has 0 radical (unpaired) electrons.